The van der Waals surface area contributed by atoms with E-state index >= 15 is 0 Å². The molecule has 0 spiro atoms. The predicted octanol–water partition coefficient (Wildman–Crippen LogP) is 2.46. The molecular weight excluding hydrogens is 295 g/mol. The summed E-state index contributed by atoms with van der Waals surface area (Å²) in [5.74, 6) is -0.0705. The number of unbranched alkanes of at least 4 members (excludes halogenated alkanes) is 2. The summed E-state index contributed by atoms with van der Waals surface area (Å²) in [4.78, 5) is 0. The number of hydrogen-bond donors (Lipinski definition) is 0. The lowest BCUT2D eigenvalue weighted by Crippen LogP contribution is -2.14. The van der Waals surface area contributed by atoms with E-state index in [4.69, 9.17) is 21.4 Å². The van der Waals surface area contributed by atoms with Gasteiger partial charge < -0.3 is 0 Å². The van der Waals surface area contributed by atoms with Gasteiger partial charge in [0.05, 0.1) is 11.0 Å². The second kappa shape index (κ2) is 7.03. The molecule has 0 aliphatic heterocycles. The van der Waals surface area contributed by atoms with Gasteiger partial charge in [0.2, 0.25) is 18.1 Å². The average Bonchev–Trinajstić information content (AvgIpc) is 2.07. The Kier molecular flexibility index (Phi) is 7.25. The Morgan fingerprint density at radius 1 is 1.00 bits per heavy atom. The van der Waals surface area contributed by atoms with Gasteiger partial charge in [0.1, 0.15) is 0 Å². The first-order valence-corrected chi connectivity index (χ1v) is 9.87. The lowest BCUT2D eigenvalue weighted by Gasteiger charge is -2.10. The van der Waals surface area contributed by atoms with Crippen LogP contribution >= 0.6 is 21.4 Å². The molecule has 0 saturated carbocycles. The molecule has 0 fully saturated rings. The summed E-state index contributed by atoms with van der Waals surface area (Å²) in [6.07, 6.45) is 2.65. The van der Waals surface area contributed by atoms with Gasteiger partial charge in [-0.15, -0.1) is 0 Å². The van der Waals surface area contributed by atoms with Crippen LogP contribution in [-0.2, 0) is 18.1 Å². The summed E-state index contributed by atoms with van der Waals surface area (Å²) in [5, 5.41) is -0.540. The molecular formula is C8H16Cl2O4S2. The third-order valence-electron chi connectivity index (χ3n) is 2.27. The normalized spacial score (nSPS) is 14.9. The third-order valence-corrected chi connectivity index (χ3v) is 5.63. The molecule has 1 unspecified atom stereocenters. The van der Waals surface area contributed by atoms with Crippen molar-refractivity contribution in [3.8, 4) is 0 Å². The Bertz CT molecular complexity index is 388. The minimum absolute atomic E-state index is 0.0705. The molecule has 16 heavy (non-hydrogen) atoms. The van der Waals surface area contributed by atoms with Gasteiger partial charge in [0.15, 0.2) is 0 Å². The molecule has 0 aromatic rings. The predicted molar refractivity (Wildman–Crippen MR) is 67.0 cm³/mol. The van der Waals surface area contributed by atoms with Crippen LogP contribution in [0.15, 0.2) is 0 Å². The van der Waals surface area contributed by atoms with E-state index in [2.05, 4.69) is 0 Å². The Hall–Kier alpha value is 0.480. The fraction of sp³-hybridized carbons (Fsp3) is 1.00. The maximum absolute atomic E-state index is 11.0. The zero-order valence-corrected chi connectivity index (χ0v) is 12.2. The van der Waals surface area contributed by atoms with Gasteiger partial charge in [-0.3, -0.25) is 0 Å². The second-order valence-corrected chi connectivity index (χ2v) is 9.40. The summed E-state index contributed by atoms with van der Waals surface area (Å²) in [6.45, 7) is 1.76. The maximum Gasteiger partial charge on any atom is 0.235 e. The molecule has 0 heterocycles. The molecule has 0 rings (SSSR count). The largest absolute Gasteiger partial charge is 0.235 e. The summed E-state index contributed by atoms with van der Waals surface area (Å²) in [5.41, 5.74) is 0. The summed E-state index contributed by atoms with van der Waals surface area (Å²) in [7, 11) is 3.34. The molecule has 0 aromatic heterocycles. The third kappa shape index (κ3) is 8.61. The highest BCUT2D eigenvalue weighted by Crippen LogP contribution is 2.18. The van der Waals surface area contributed by atoms with Crippen LogP contribution in [0.3, 0.4) is 0 Å². The molecule has 0 aliphatic rings. The summed E-state index contributed by atoms with van der Waals surface area (Å²) < 4.78 is 43.3. The highest BCUT2D eigenvalue weighted by Gasteiger charge is 2.20. The Morgan fingerprint density at radius 2 is 1.56 bits per heavy atom. The fourth-order valence-electron chi connectivity index (χ4n) is 1.37. The van der Waals surface area contributed by atoms with Crippen LogP contribution in [0.25, 0.3) is 0 Å². The molecule has 0 radical (unpaired) electrons. The number of halogens is 2. The molecule has 0 saturated heterocycles. The van der Waals surface area contributed by atoms with Gasteiger partial charge >= 0.3 is 0 Å². The van der Waals surface area contributed by atoms with E-state index in [0.29, 0.717) is 32.1 Å². The van der Waals surface area contributed by atoms with Crippen molar-refractivity contribution >= 4 is 39.5 Å². The topological polar surface area (TPSA) is 68.3 Å². The molecule has 0 amide bonds. The van der Waals surface area contributed by atoms with Crippen molar-refractivity contribution in [2.45, 2.75) is 44.3 Å². The molecule has 1 atom stereocenters. The van der Waals surface area contributed by atoms with Crippen molar-refractivity contribution in [1.82, 2.24) is 0 Å². The SMILES string of the molecule is CCC(CCCCCS(=O)(=O)Cl)S(=O)(=O)Cl. The first-order valence-electron chi connectivity index (χ1n) is 5.02. The Balaban J connectivity index is 3.82. The molecule has 0 aliphatic carbocycles. The maximum atomic E-state index is 11.0. The van der Waals surface area contributed by atoms with E-state index in [9.17, 15) is 16.8 Å². The first-order chi connectivity index (χ1) is 7.17. The van der Waals surface area contributed by atoms with Gasteiger partial charge in [-0.1, -0.05) is 19.8 Å². The van der Waals surface area contributed by atoms with Crippen LogP contribution in [0.4, 0.5) is 0 Å². The van der Waals surface area contributed by atoms with Crippen LogP contribution < -0.4 is 0 Å². The monoisotopic (exact) mass is 310 g/mol. The van der Waals surface area contributed by atoms with Gasteiger partial charge in [-0.2, -0.15) is 0 Å². The van der Waals surface area contributed by atoms with E-state index in [1.165, 1.54) is 0 Å². The van der Waals surface area contributed by atoms with E-state index in [-0.39, 0.29) is 5.75 Å². The Labute approximate surface area is 106 Å². The summed E-state index contributed by atoms with van der Waals surface area (Å²) >= 11 is 0. The van der Waals surface area contributed by atoms with Crippen molar-refractivity contribution in [3.63, 3.8) is 0 Å². The lowest BCUT2D eigenvalue weighted by molar-refractivity contribution is 0.562. The highest BCUT2D eigenvalue weighted by atomic mass is 35.7. The molecule has 0 bridgehead atoms. The first kappa shape index (κ1) is 16.5. The minimum Gasteiger partial charge on any atom is -0.212 e. The summed E-state index contributed by atoms with van der Waals surface area (Å²) in [6, 6.07) is 0. The molecule has 8 heteroatoms. The quantitative estimate of drug-likeness (QED) is 0.510. The van der Waals surface area contributed by atoms with Crippen molar-refractivity contribution in [1.29, 1.82) is 0 Å². The van der Waals surface area contributed by atoms with Gasteiger partial charge in [-0.25, -0.2) is 16.8 Å². The van der Waals surface area contributed by atoms with E-state index in [1.54, 1.807) is 6.92 Å². The number of hydrogen-bond acceptors (Lipinski definition) is 4. The van der Waals surface area contributed by atoms with Gasteiger partial charge in [0, 0.05) is 21.4 Å². The minimum atomic E-state index is -3.50. The average molecular weight is 311 g/mol. The van der Waals surface area contributed by atoms with Crippen molar-refractivity contribution < 1.29 is 16.8 Å². The van der Waals surface area contributed by atoms with E-state index in [0.717, 1.165) is 0 Å². The van der Waals surface area contributed by atoms with Crippen LogP contribution in [-0.4, -0.2) is 27.8 Å². The lowest BCUT2D eigenvalue weighted by atomic mass is 10.1. The van der Waals surface area contributed by atoms with Crippen LogP contribution in [0.1, 0.15) is 39.0 Å². The van der Waals surface area contributed by atoms with Crippen LogP contribution in [0, 0.1) is 0 Å². The zero-order chi connectivity index (χ0) is 12.8. The molecule has 0 N–H and O–H groups in total. The van der Waals surface area contributed by atoms with E-state index in [1.807, 2.05) is 0 Å². The van der Waals surface area contributed by atoms with Crippen molar-refractivity contribution in [2.75, 3.05) is 5.75 Å². The molecule has 98 valence electrons. The molecule has 0 aromatic carbocycles. The van der Waals surface area contributed by atoms with Gasteiger partial charge in [0.25, 0.3) is 0 Å². The Morgan fingerprint density at radius 3 is 1.94 bits per heavy atom. The van der Waals surface area contributed by atoms with Crippen LogP contribution in [0.2, 0.25) is 0 Å². The van der Waals surface area contributed by atoms with Crippen molar-refractivity contribution in [3.05, 3.63) is 0 Å². The fourth-order valence-corrected chi connectivity index (χ4v) is 3.74. The van der Waals surface area contributed by atoms with Crippen molar-refractivity contribution in [2.24, 2.45) is 0 Å². The standard InChI is InChI=1S/C8H16Cl2O4S2/c1-2-8(16(10,13)14)6-4-3-5-7-15(9,11)12/h8H,2-7H2,1H3. The second-order valence-electron chi connectivity index (χ2n) is 3.60. The zero-order valence-electron chi connectivity index (χ0n) is 9.03. The van der Waals surface area contributed by atoms with Gasteiger partial charge in [-0.05, 0) is 19.3 Å². The highest BCUT2D eigenvalue weighted by molar-refractivity contribution is 8.14. The smallest absolute Gasteiger partial charge is 0.212 e. The van der Waals surface area contributed by atoms with Crippen LogP contribution in [0.5, 0.6) is 0 Å². The number of rotatable bonds is 8. The van der Waals surface area contributed by atoms with E-state index < -0.39 is 23.4 Å². The molecule has 4 nitrogen and oxygen atoms in total.